The second-order valence-electron chi connectivity index (χ2n) is 7.50. The van der Waals surface area contributed by atoms with Crippen LogP contribution in [0.25, 0.3) is 0 Å². The molecule has 8 nitrogen and oxygen atoms in total. The monoisotopic (exact) mass is 416 g/mol. The van der Waals surface area contributed by atoms with Gasteiger partial charge in [0.1, 0.15) is 5.82 Å². The zero-order valence-corrected chi connectivity index (χ0v) is 16.4. The van der Waals surface area contributed by atoms with Crippen LogP contribution in [0.5, 0.6) is 11.5 Å². The number of nitrogens with one attached hydrogen (secondary N) is 1. The maximum Gasteiger partial charge on any atom is 0.276 e. The van der Waals surface area contributed by atoms with E-state index in [1.165, 1.54) is 6.92 Å². The Bertz CT molecular complexity index is 1000. The van der Waals surface area contributed by atoms with Crippen LogP contribution < -0.4 is 14.8 Å². The maximum atomic E-state index is 14.1. The zero-order valence-electron chi connectivity index (χ0n) is 16.4. The van der Waals surface area contributed by atoms with Crippen LogP contribution in [0, 0.1) is 22.9 Å². The number of fused-ring (bicyclic) bond motifs is 1. The van der Waals surface area contributed by atoms with Crippen molar-refractivity contribution in [2.45, 2.75) is 25.2 Å². The summed E-state index contributed by atoms with van der Waals surface area (Å²) in [5.41, 5.74) is -0.0204. The van der Waals surface area contributed by atoms with E-state index in [0.29, 0.717) is 37.6 Å². The van der Waals surface area contributed by atoms with Crippen molar-refractivity contribution in [2.75, 3.05) is 26.6 Å². The van der Waals surface area contributed by atoms with Crippen LogP contribution in [0.15, 0.2) is 30.3 Å². The van der Waals surface area contributed by atoms with Crippen LogP contribution >= 0.6 is 0 Å². The van der Waals surface area contributed by atoms with E-state index in [4.69, 9.17) is 14.2 Å². The van der Waals surface area contributed by atoms with Gasteiger partial charge in [-0.15, -0.1) is 0 Å². The summed E-state index contributed by atoms with van der Waals surface area (Å²) in [6.45, 7) is 2.83. The third-order valence-electron chi connectivity index (χ3n) is 5.80. The van der Waals surface area contributed by atoms with Crippen LogP contribution in [0.2, 0.25) is 0 Å². The van der Waals surface area contributed by atoms with Gasteiger partial charge in [0, 0.05) is 36.8 Å². The number of rotatable bonds is 5. The quantitative estimate of drug-likeness (QED) is 0.593. The summed E-state index contributed by atoms with van der Waals surface area (Å²) in [7, 11) is 0. The molecule has 2 aromatic carbocycles. The summed E-state index contributed by atoms with van der Waals surface area (Å²) in [6.07, 6.45) is 1.35. The number of halogens is 1. The first-order valence-corrected chi connectivity index (χ1v) is 9.60. The van der Waals surface area contributed by atoms with Crippen molar-refractivity contribution in [1.29, 1.82) is 0 Å². The molecule has 0 bridgehead atoms. The van der Waals surface area contributed by atoms with Crippen molar-refractivity contribution in [2.24, 2.45) is 0 Å². The third-order valence-corrected chi connectivity index (χ3v) is 5.80. The molecule has 1 amide bonds. The highest BCUT2D eigenvalue weighted by Gasteiger charge is 2.36. The van der Waals surface area contributed by atoms with Crippen molar-refractivity contribution < 1.29 is 28.3 Å². The second kappa shape index (κ2) is 7.91. The highest BCUT2D eigenvalue weighted by molar-refractivity contribution is 5.95. The fourth-order valence-electron chi connectivity index (χ4n) is 3.89. The van der Waals surface area contributed by atoms with Crippen LogP contribution in [0.4, 0.5) is 10.1 Å². The lowest BCUT2D eigenvalue weighted by atomic mass is 9.74. The number of amides is 1. The molecule has 1 fully saturated rings. The molecule has 0 atom stereocenters. The Balaban J connectivity index is 1.58. The minimum absolute atomic E-state index is 0.0855. The Morgan fingerprint density at radius 3 is 2.67 bits per heavy atom. The number of nitrogens with zero attached hydrogens (tertiary/aromatic N) is 1. The van der Waals surface area contributed by atoms with Gasteiger partial charge in [-0.3, -0.25) is 14.9 Å². The number of carbonyl (C=O) groups is 1. The minimum atomic E-state index is -0.786. The molecule has 4 rings (SSSR count). The molecule has 2 aromatic rings. The molecule has 30 heavy (non-hydrogen) atoms. The van der Waals surface area contributed by atoms with Gasteiger partial charge in [0.05, 0.1) is 10.5 Å². The van der Waals surface area contributed by atoms with Gasteiger partial charge in [0.25, 0.3) is 11.6 Å². The van der Waals surface area contributed by atoms with Crippen molar-refractivity contribution in [3.05, 3.63) is 63.0 Å². The zero-order chi connectivity index (χ0) is 21.3. The SMILES string of the molecule is Cc1c(F)cc(C(=O)NCC2(c3ccc4c(c3)OCO4)CCOCC2)cc1[N+](=O)[O-]. The third kappa shape index (κ3) is 3.68. The predicted octanol–water partition coefficient (Wildman–Crippen LogP) is 3.25. The molecule has 2 aliphatic heterocycles. The highest BCUT2D eigenvalue weighted by atomic mass is 19.1. The second-order valence-corrected chi connectivity index (χ2v) is 7.50. The highest BCUT2D eigenvalue weighted by Crippen LogP contribution is 2.40. The van der Waals surface area contributed by atoms with Gasteiger partial charge in [0.15, 0.2) is 11.5 Å². The number of ether oxygens (including phenoxy) is 3. The molecular formula is C21H21FN2O6. The van der Waals surface area contributed by atoms with E-state index in [0.717, 1.165) is 17.7 Å². The number of carbonyl (C=O) groups excluding carboxylic acids is 1. The van der Waals surface area contributed by atoms with Gasteiger partial charge in [-0.1, -0.05) is 6.07 Å². The van der Waals surface area contributed by atoms with E-state index >= 15 is 0 Å². The molecule has 9 heteroatoms. The molecule has 0 aromatic heterocycles. The summed E-state index contributed by atoms with van der Waals surface area (Å²) < 4.78 is 30.5. The van der Waals surface area contributed by atoms with Crippen molar-refractivity contribution in [3.63, 3.8) is 0 Å². The molecule has 0 saturated carbocycles. The molecule has 0 spiro atoms. The lowest BCUT2D eigenvalue weighted by Gasteiger charge is -2.38. The largest absolute Gasteiger partial charge is 0.454 e. The van der Waals surface area contributed by atoms with Crippen molar-refractivity contribution in [1.82, 2.24) is 5.32 Å². The van der Waals surface area contributed by atoms with E-state index in [9.17, 15) is 19.3 Å². The fourth-order valence-corrected chi connectivity index (χ4v) is 3.89. The summed E-state index contributed by atoms with van der Waals surface area (Å²) in [6, 6.07) is 7.83. The molecule has 0 aliphatic carbocycles. The Labute approximate surface area is 172 Å². The minimum Gasteiger partial charge on any atom is -0.454 e. The number of hydrogen-bond acceptors (Lipinski definition) is 6. The lowest BCUT2D eigenvalue weighted by molar-refractivity contribution is -0.385. The normalized spacial score (nSPS) is 16.9. The Morgan fingerprint density at radius 2 is 1.93 bits per heavy atom. The number of benzene rings is 2. The van der Waals surface area contributed by atoms with Crippen molar-refractivity contribution in [3.8, 4) is 11.5 Å². The standard InChI is InChI=1S/C21H21FN2O6/c1-13-16(22)8-14(9-17(13)24(26)27)20(25)23-11-21(4-6-28-7-5-21)15-2-3-18-19(10-15)30-12-29-18/h2-3,8-10H,4-7,11-12H2,1H3,(H,23,25). The van der Waals surface area contributed by atoms with Gasteiger partial charge >= 0.3 is 0 Å². The van der Waals surface area contributed by atoms with E-state index in [1.54, 1.807) is 0 Å². The molecule has 158 valence electrons. The average Bonchev–Trinajstić information content (AvgIpc) is 3.22. The lowest BCUT2D eigenvalue weighted by Crippen LogP contribution is -2.44. The molecule has 2 heterocycles. The van der Waals surface area contributed by atoms with Crippen molar-refractivity contribution >= 4 is 11.6 Å². The predicted molar refractivity (Wildman–Crippen MR) is 104 cm³/mol. The van der Waals surface area contributed by atoms with E-state index in [1.807, 2.05) is 18.2 Å². The van der Waals surface area contributed by atoms with Gasteiger partial charge in [-0.25, -0.2) is 4.39 Å². The van der Waals surface area contributed by atoms with Gasteiger partial charge in [-0.2, -0.15) is 0 Å². The Kier molecular flexibility index (Phi) is 5.29. The van der Waals surface area contributed by atoms with Crippen LogP contribution in [0.1, 0.15) is 34.3 Å². The maximum absolute atomic E-state index is 14.1. The molecule has 0 radical (unpaired) electrons. The first kappa shape index (κ1) is 20.1. The number of nitro groups is 1. The molecule has 2 aliphatic rings. The summed E-state index contributed by atoms with van der Waals surface area (Å²) in [5, 5.41) is 14.0. The molecule has 1 saturated heterocycles. The van der Waals surface area contributed by atoms with Crippen LogP contribution in [0.3, 0.4) is 0 Å². The number of nitro benzene ring substituents is 1. The first-order chi connectivity index (χ1) is 14.4. The topological polar surface area (TPSA) is 99.9 Å². The van der Waals surface area contributed by atoms with Gasteiger partial charge in [0.2, 0.25) is 6.79 Å². The van der Waals surface area contributed by atoms with E-state index in [2.05, 4.69) is 5.32 Å². The summed E-state index contributed by atoms with van der Waals surface area (Å²) in [4.78, 5) is 23.2. The Hall–Kier alpha value is -3.20. The smallest absolute Gasteiger partial charge is 0.276 e. The average molecular weight is 416 g/mol. The van der Waals surface area contributed by atoms with E-state index in [-0.39, 0.29) is 24.5 Å². The molecule has 0 unspecified atom stereocenters. The first-order valence-electron chi connectivity index (χ1n) is 9.60. The molecular weight excluding hydrogens is 395 g/mol. The van der Waals surface area contributed by atoms with Crippen LogP contribution in [-0.4, -0.2) is 37.4 Å². The summed E-state index contributed by atoms with van der Waals surface area (Å²) in [5.74, 6) is -0.0251. The van der Waals surface area contributed by atoms with Crippen LogP contribution in [-0.2, 0) is 10.2 Å². The van der Waals surface area contributed by atoms with Gasteiger partial charge in [-0.05, 0) is 43.5 Å². The summed E-state index contributed by atoms with van der Waals surface area (Å²) >= 11 is 0. The van der Waals surface area contributed by atoms with Gasteiger partial charge < -0.3 is 19.5 Å². The Morgan fingerprint density at radius 1 is 1.20 bits per heavy atom. The fraction of sp³-hybridized carbons (Fsp3) is 0.381. The van der Waals surface area contributed by atoms with E-state index < -0.39 is 27.8 Å². The molecule has 1 N–H and O–H groups in total. The number of hydrogen-bond donors (Lipinski definition) is 1.